The molecule has 8 heteroatoms. The lowest BCUT2D eigenvalue weighted by molar-refractivity contribution is -0.158. The Kier molecular flexibility index (Phi) is 10.7. The van der Waals surface area contributed by atoms with Crippen molar-refractivity contribution >= 4 is 28.9 Å². The minimum Gasteiger partial charge on any atom is -0.492 e. The number of piperazine rings is 1. The lowest BCUT2D eigenvalue weighted by Crippen LogP contribution is -2.58. The summed E-state index contributed by atoms with van der Waals surface area (Å²) in [6.45, 7) is 8.47. The molecule has 4 rings (SSSR count). The smallest absolute Gasteiger partial charge is 0.330 e. The van der Waals surface area contributed by atoms with E-state index in [4.69, 9.17) is 9.47 Å². The molecule has 1 aliphatic heterocycles. The summed E-state index contributed by atoms with van der Waals surface area (Å²) in [6.07, 6.45) is 1.95. The monoisotopic (exact) mass is 545 g/mol. The molecule has 1 fully saturated rings. The Morgan fingerprint density at radius 2 is 1.73 bits per heavy atom. The zero-order chi connectivity index (χ0) is 28.3. The number of aldehydes is 1. The predicted molar refractivity (Wildman–Crippen MR) is 156 cm³/mol. The fourth-order valence-electron chi connectivity index (χ4n) is 5.12. The summed E-state index contributed by atoms with van der Waals surface area (Å²) in [4.78, 5) is 41.4. The van der Waals surface area contributed by atoms with Crippen LogP contribution in [0, 0.1) is 0 Å². The van der Waals surface area contributed by atoms with E-state index in [0.717, 1.165) is 36.6 Å². The number of carbonyl (C=O) groups is 3. The Hall–Kier alpha value is -3.75. The van der Waals surface area contributed by atoms with Crippen molar-refractivity contribution in [1.82, 2.24) is 15.1 Å². The van der Waals surface area contributed by atoms with Crippen molar-refractivity contribution in [3.8, 4) is 5.75 Å². The maximum absolute atomic E-state index is 13.3. The first-order valence-corrected chi connectivity index (χ1v) is 14.1. The highest BCUT2D eigenvalue weighted by atomic mass is 16.5. The van der Waals surface area contributed by atoms with Gasteiger partial charge in [-0.15, -0.1) is 0 Å². The molecule has 1 N–H and O–H groups in total. The third-order valence-corrected chi connectivity index (χ3v) is 7.23. The first kappa shape index (κ1) is 29.2. The van der Waals surface area contributed by atoms with Crippen LogP contribution in [0.25, 0.3) is 10.8 Å². The molecule has 0 aromatic heterocycles. The van der Waals surface area contributed by atoms with Gasteiger partial charge < -0.3 is 19.7 Å². The number of hydrogen-bond donors (Lipinski definition) is 1. The summed E-state index contributed by atoms with van der Waals surface area (Å²) in [5.74, 6) is 0.0978. The van der Waals surface area contributed by atoms with Crippen molar-refractivity contribution in [2.45, 2.75) is 39.3 Å². The first-order valence-electron chi connectivity index (χ1n) is 14.1. The van der Waals surface area contributed by atoms with Gasteiger partial charge in [0.1, 0.15) is 11.8 Å². The largest absolute Gasteiger partial charge is 0.492 e. The molecule has 0 saturated carbocycles. The molecule has 212 valence electrons. The van der Waals surface area contributed by atoms with Crippen molar-refractivity contribution in [2.75, 3.05) is 45.9 Å². The van der Waals surface area contributed by atoms with Gasteiger partial charge >= 0.3 is 5.97 Å². The molecule has 0 radical (unpaired) electrons. The maximum atomic E-state index is 13.3. The van der Waals surface area contributed by atoms with Crippen LogP contribution in [0.3, 0.4) is 0 Å². The van der Waals surface area contributed by atoms with Crippen molar-refractivity contribution in [3.05, 3.63) is 77.4 Å². The summed E-state index contributed by atoms with van der Waals surface area (Å²) >= 11 is 0. The number of nitrogens with one attached hydrogen (secondary N) is 1. The normalized spacial score (nSPS) is 15.7. The Bertz CT molecular complexity index is 1290. The van der Waals surface area contributed by atoms with Crippen molar-refractivity contribution in [2.24, 2.45) is 0 Å². The van der Waals surface area contributed by atoms with E-state index in [9.17, 15) is 14.4 Å². The van der Waals surface area contributed by atoms with Gasteiger partial charge in [-0.25, -0.2) is 4.79 Å². The fourth-order valence-corrected chi connectivity index (χ4v) is 5.12. The van der Waals surface area contributed by atoms with Crippen LogP contribution in [0.4, 0.5) is 0 Å². The highest BCUT2D eigenvalue weighted by Gasteiger charge is 2.36. The van der Waals surface area contributed by atoms with Gasteiger partial charge in [0, 0.05) is 37.1 Å². The van der Waals surface area contributed by atoms with Crippen LogP contribution in [-0.2, 0) is 27.3 Å². The minimum atomic E-state index is -0.659. The number of likely N-dealkylation sites (N-methyl/N-ethyl adjacent to an activating group) is 1. The molecule has 1 heterocycles. The quantitative estimate of drug-likeness (QED) is 0.198. The molecule has 1 aliphatic rings. The summed E-state index contributed by atoms with van der Waals surface area (Å²) in [5.41, 5.74) is 3.06. The van der Waals surface area contributed by atoms with Crippen molar-refractivity contribution < 1.29 is 23.9 Å². The second-order valence-corrected chi connectivity index (χ2v) is 9.92. The standard InChI is InChI=1S/C32H39N3O5/c1-3-33-17-15-24-9-11-25(12-10-24)21-34-18-19-35(29(22-34)32(38)39-4-2)31(37)16-20-40-30-14-13-26(23-36)27-7-5-6-8-28(27)30/h5-14,23,29,33H,3-4,15-22H2,1-2H3. The van der Waals surface area contributed by atoms with Crippen molar-refractivity contribution in [1.29, 1.82) is 0 Å². The van der Waals surface area contributed by atoms with Gasteiger partial charge in [-0.3, -0.25) is 14.5 Å². The lowest BCUT2D eigenvalue weighted by Gasteiger charge is -2.40. The van der Waals surface area contributed by atoms with E-state index in [0.29, 0.717) is 37.5 Å². The molecule has 40 heavy (non-hydrogen) atoms. The number of ether oxygens (including phenoxy) is 2. The van der Waals surface area contributed by atoms with Crippen LogP contribution in [-0.4, -0.2) is 79.9 Å². The van der Waals surface area contributed by atoms with Crippen LogP contribution in [0.5, 0.6) is 5.75 Å². The Balaban J connectivity index is 1.35. The van der Waals surface area contributed by atoms with E-state index in [1.807, 2.05) is 24.3 Å². The molecule has 8 nitrogen and oxygen atoms in total. The number of esters is 1. The molecule has 0 aliphatic carbocycles. The summed E-state index contributed by atoms with van der Waals surface area (Å²) in [5, 5.41) is 4.98. The Labute approximate surface area is 236 Å². The van der Waals surface area contributed by atoms with Gasteiger partial charge in [-0.2, -0.15) is 0 Å². The molecular weight excluding hydrogens is 506 g/mol. The number of hydrogen-bond acceptors (Lipinski definition) is 7. The van der Waals surface area contributed by atoms with E-state index in [2.05, 4.69) is 41.4 Å². The van der Waals surface area contributed by atoms with Gasteiger partial charge in [0.25, 0.3) is 0 Å². The average molecular weight is 546 g/mol. The summed E-state index contributed by atoms with van der Waals surface area (Å²) < 4.78 is 11.3. The first-order chi connectivity index (χ1) is 19.5. The third-order valence-electron chi connectivity index (χ3n) is 7.23. The zero-order valence-corrected chi connectivity index (χ0v) is 23.4. The number of rotatable bonds is 13. The second kappa shape index (κ2) is 14.6. The number of carbonyl (C=O) groups excluding carboxylic acids is 3. The maximum Gasteiger partial charge on any atom is 0.330 e. The summed E-state index contributed by atoms with van der Waals surface area (Å²) in [7, 11) is 0. The van der Waals surface area contributed by atoms with E-state index >= 15 is 0 Å². The number of nitrogens with zero attached hydrogens (tertiary/aromatic N) is 2. The van der Waals surface area contributed by atoms with Crippen molar-refractivity contribution in [3.63, 3.8) is 0 Å². The fraction of sp³-hybridized carbons (Fsp3) is 0.406. The van der Waals surface area contributed by atoms with Gasteiger partial charge in [0.15, 0.2) is 6.29 Å². The molecule has 1 saturated heterocycles. The topological polar surface area (TPSA) is 88.2 Å². The van der Waals surface area contributed by atoms with Crippen LogP contribution < -0.4 is 10.1 Å². The molecule has 1 atom stereocenters. The SMILES string of the molecule is CCNCCc1ccc(CN2CCN(C(=O)CCOc3ccc(C=O)c4ccccc34)C(C(=O)OCC)C2)cc1. The third kappa shape index (κ3) is 7.46. The number of fused-ring (bicyclic) bond motifs is 1. The van der Waals surface area contributed by atoms with Crippen LogP contribution >= 0.6 is 0 Å². The molecule has 1 unspecified atom stereocenters. The minimum absolute atomic E-state index is 0.133. The average Bonchev–Trinajstić information content (AvgIpc) is 2.98. The lowest BCUT2D eigenvalue weighted by atomic mass is 10.0. The van der Waals surface area contributed by atoms with E-state index in [-0.39, 0.29) is 31.5 Å². The molecule has 1 amide bonds. The van der Waals surface area contributed by atoms with Crippen LogP contribution in [0.15, 0.2) is 60.7 Å². The van der Waals surface area contributed by atoms with Crippen LogP contribution in [0.1, 0.15) is 41.8 Å². The second-order valence-electron chi connectivity index (χ2n) is 9.92. The van der Waals surface area contributed by atoms with E-state index in [1.165, 1.54) is 11.1 Å². The van der Waals surface area contributed by atoms with Gasteiger partial charge in [-0.1, -0.05) is 55.5 Å². The zero-order valence-electron chi connectivity index (χ0n) is 23.4. The molecular formula is C32H39N3O5. The highest BCUT2D eigenvalue weighted by molar-refractivity contribution is 6.00. The summed E-state index contributed by atoms with van der Waals surface area (Å²) in [6, 6.07) is 18.9. The van der Waals surface area contributed by atoms with Gasteiger partial charge in [0.05, 0.1) is 19.6 Å². The molecule has 3 aromatic rings. The van der Waals surface area contributed by atoms with E-state index in [1.54, 1.807) is 24.0 Å². The van der Waals surface area contributed by atoms with E-state index < -0.39 is 6.04 Å². The molecule has 0 spiro atoms. The van der Waals surface area contributed by atoms with Gasteiger partial charge in [-0.05, 0) is 55.1 Å². The molecule has 3 aromatic carbocycles. The number of benzene rings is 3. The predicted octanol–water partition coefficient (Wildman–Crippen LogP) is 3.85. The Morgan fingerprint density at radius 3 is 2.45 bits per heavy atom. The highest BCUT2D eigenvalue weighted by Crippen LogP contribution is 2.28. The number of amides is 1. The van der Waals surface area contributed by atoms with Gasteiger partial charge in [0.2, 0.25) is 5.91 Å². The molecule has 0 bridgehead atoms. The Morgan fingerprint density at radius 1 is 0.975 bits per heavy atom. The van der Waals surface area contributed by atoms with Crippen LogP contribution in [0.2, 0.25) is 0 Å².